The molecule has 54 heavy (non-hydrogen) atoms. The van der Waals surface area contributed by atoms with E-state index in [4.69, 9.17) is 0 Å². The molecule has 292 valence electrons. The summed E-state index contributed by atoms with van der Waals surface area (Å²) in [6, 6.07) is 9.93. The van der Waals surface area contributed by atoms with Crippen LogP contribution in [0.5, 0.6) is 0 Å². The van der Waals surface area contributed by atoms with Gasteiger partial charge in [-0.1, -0.05) is 128 Å². The summed E-state index contributed by atoms with van der Waals surface area (Å²) in [4.78, 5) is 10.6. The fourth-order valence-electron chi connectivity index (χ4n) is 12.3. The summed E-state index contributed by atoms with van der Waals surface area (Å²) in [5.41, 5.74) is -0.757. The van der Waals surface area contributed by atoms with Crippen molar-refractivity contribution in [1.29, 1.82) is 0 Å². The average Bonchev–Trinajstić information content (AvgIpc) is 3.95. The minimum absolute atomic E-state index is 0.189. The molecule has 4 fully saturated rings. The Morgan fingerprint density at radius 2 is 0.500 bits per heavy atom. The van der Waals surface area contributed by atoms with Crippen molar-refractivity contribution in [2.24, 2.45) is 0 Å². The molecule has 9 rings (SSSR count). The van der Waals surface area contributed by atoms with Crippen molar-refractivity contribution < 1.29 is 8.42 Å². The van der Waals surface area contributed by atoms with Crippen LogP contribution < -0.4 is 0 Å². The van der Waals surface area contributed by atoms with Gasteiger partial charge in [-0.25, -0.2) is 8.42 Å². The topological polar surface area (TPSA) is 34.1 Å². The van der Waals surface area contributed by atoms with Crippen LogP contribution in [0, 0.1) is 0 Å². The molecule has 2 nitrogen and oxygen atoms in total. The van der Waals surface area contributed by atoms with Gasteiger partial charge < -0.3 is 0 Å². The van der Waals surface area contributed by atoms with E-state index >= 15 is 8.42 Å². The summed E-state index contributed by atoms with van der Waals surface area (Å²) in [7, 11) is -2.31. The van der Waals surface area contributed by atoms with E-state index in [9.17, 15) is 0 Å². The highest BCUT2D eigenvalue weighted by atomic mass is 32.2. The molecule has 4 aliphatic carbocycles. The summed E-state index contributed by atoms with van der Waals surface area (Å²) < 4.78 is 31.4. The Hall–Kier alpha value is -1.34. The maximum Gasteiger partial charge on any atom is 0.0786 e. The van der Waals surface area contributed by atoms with Crippen LogP contribution in [-0.4, -0.2) is 8.42 Å². The van der Waals surface area contributed by atoms with Crippen molar-refractivity contribution in [1.82, 2.24) is 0 Å². The first-order chi connectivity index (χ1) is 26.5. The van der Waals surface area contributed by atoms with Crippen LogP contribution in [0.2, 0.25) is 0 Å². The lowest BCUT2D eigenvalue weighted by Crippen LogP contribution is -2.35. The van der Waals surface area contributed by atoms with E-state index in [1.54, 1.807) is 0 Å². The molecular weight excluding hydrogens is 737 g/mol. The number of rotatable bonds is 0. The maximum absolute atomic E-state index is 15.7. The third-order valence-electron chi connectivity index (χ3n) is 15.4. The standard InChI is InChI=1S/C48H64O2S4/c49-53-41-25-26-42(53)47(33-17-9-3-10-18-34-47)39-23-24-40(52-39)48(35-19-11-4-12-20-36-48)44-28-27-43(54(44)50)46(31-15-7-2-8-16-32-46)38-22-21-37(51-38)45(41)29-13-5-1-6-14-30-45/h21-28H,1-20,29-36H2. The molecule has 2 aromatic rings. The molecule has 5 heterocycles. The van der Waals surface area contributed by atoms with Crippen molar-refractivity contribution in [3.05, 3.63) is 87.7 Å². The smallest absolute Gasteiger partial charge is 0.0786 e. The van der Waals surface area contributed by atoms with Crippen molar-refractivity contribution in [2.45, 2.75) is 201 Å². The Morgan fingerprint density at radius 3 is 0.704 bits per heavy atom. The number of thiophene rings is 2. The van der Waals surface area contributed by atoms with Gasteiger partial charge in [-0.05, 0) is 99.9 Å². The van der Waals surface area contributed by atoms with Gasteiger partial charge in [-0.2, -0.15) is 0 Å². The summed E-state index contributed by atoms with van der Waals surface area (Å²) in [5, 5.41) is 0. The minimum atomic E-state index is -1.15. The molecule has 3 aliphatic heterocycles. The van der Waals surface area contributed by atoms with Gasteiger partial charge in [0, 0.05) is 60.8 Å². The first kappa shape index (κ1) is 38.2. The highest BCUT2D eigenvalue weighted by molar-refractivity contribution is 7.93. The second kappa shape index (κ2) is 16.1. The summed E-state index contributed by atoms with van der Waals surface area (Å²) in [6.45, 7) is 0. The van der Waals surface area contributed by atoms with E-state index in [-0.39, 0.29) is 21.7 Å². The Labute approximate surface area is 339 Å². The second-order valence-electron chi connectivity index (χ2n) is 18.4. The number of allylic oxidation sites excluding steroid dienone is 8. The number of hydrogen-bond donors (Lipinski definition) is 0. The molecule has 4 spiro atoms. The van der Waals surface area contributed by atoms with Crippen LogP contribution in [0.15, 0.2) is 68.2 Å². The van der Waals surface area contributed by atoms with E-state index in [1.807, 2.05) is 22.7 Å². The zero-order chi connectivity index (χ0) is 36.6. The molecule has 0 unspecified atom stereocenters. The minimum Gasteiger partial charge on any atom is -0.250 e. The molecule has 0 radical (unpaired) electrons. The Bertz CT molecular complexity index is 1570. The van der Waals surface area contributed by atoms with Crippen LogP contribution in [0.4, 0.5) is 0 Å². The van der Waals surface area contributed by atoms with Gasteiger partial charge in [0.05, 0.1) is 21.6 Å². The van der Waals surface area contributed by atoms with Crippen LogP contribution >= 0.6 is 22.7 Å². The molecule has 8 bridgehead atoms. The van der Waals surface area contributed by atoms with Crippen LogP contribution in [-0.2, 0) is 43.3 Å². The first-order valence-corrected chi connectivity index (χ1v) is 26.4. The van der Waals surface area contributed by atoms with Gasteiger partial charge in [0.25, 0.3) is 0 Å². The van der Waals surface area contributed by atoms with Crippen molar-refractivity contribution >= 4 is 44.3 Å². The predicted octanol–water partition coefficient (Wildman–Crippen LogP) is 14.5. The number of fused-ring (bicyclic) bond motifs is 16. The van der Waals surface area contributed by atoms with E-state index < -0.39 is 21.6 Å². The highest BCUT2D eigenvalue weighted by Crippen LogP contribution is 2.60. The van der Waals surface area contributed by atoms with Crippen molar-refractivity contribution in [3.63, 3.8) is 0 Å². The lowest BCUT2D eigenvalue weighted by molar-refractivity contribution is 0.371. The van der Waals surface area contributed by atoms with Gasteiger partial charge >= 0.3 is 0 Å². The fraction of sp³-hybridized carbons (Fsp3) is 0.667. The lowest BCUT2D eigenvalue weighted by atomic mass is 9.73. The first-order valence-electron chi connectivity index (χ1n) is 22.4. The summed E-state index contributed by atoms with van der Waals surface area (Å²) in [5.74, 6) is 0. The Morgan fingerprint density at radius 1 is 0.315 bits per heavy atom. The normalized spacial score (nSPS) is 27.7. The SMILES string of the molecule is O=S1C2=CC=C1C1(CCCCCCC1)c1ccc(s1)C1(CCCCCCC1)C1=CC=C(S1=O)C1(CCCCCCC1)c1ccc(s1)C21CCCCCCC1. The predicted molar refractivity (Wildman–Crippen MR) is 233 cm³/mol. The van der Waals surface area contributed by atoms with Crippen LogP contribution in [0.1, 0.15) is 199 Å². The molecule has 7 aliphatic rings. The van der Waals surface area contributed by atoms with E-state index in [0.29, 0.717) is 0 Å². The monoisotopic (exact) mass is 800 g/mol. The van der Waals surface area contributed by atoms with Crippen molar-refractivity contribution in [3.8, 4) is 0 Å². The van der Waals surface area contributed by atoms with Crippen LogP contribution in [0.3, 0.4) is 0 Å². The fourth-order valence-corrected chi connectivity index (χ4v) is 19.6. The van der Waals surface area contributed by atoms with Crippen LogP contribution in [0.25, 0.3) is 0 Å². The van der Waals surface area contributed by atoms with Gasteiger partial charge in [0.1, 0.15) is 0 Å². The largest absolute Gasteiger partial charge is 0.250 e. The zero-order valence-electron chi connectivity index (χ0n) is 32.9. The highest BCUT2D eigenvalue weighted by Gasteiger charge is 2.52. The summed E-state index contributed by atoms with van der Waals surface area (Å²) >= 11 is 4.09. The van der Waals surface area contributed by atoms with E-state index in [0.717, 1.165) is 51.4 Å². The quantitative estimate of drug-likeness (QED) is 0.266. The van der Waals surface area contributed by atoms with E-state index in [2.05, 4.69) is 48.6 Å². The third-order valence-corrected chi connectivity index (χ3v) is 22.1. The van der Waals surface area contributed by atoms with Gasteiger partial charge in [-0.3, -0.25) is 0 Å². The maximum atomic E-state index is 15.7. The second-order valence-corrected chi connectivity index (χ2v) is 23.4. The lowest BCUT2D eigenvalue weighted by Gasteiger charge is -2.41. The van der Waals surface area contributed by atoms with Gasteiger partial charge in [0.15, 0.2) is 0 Å². The van der Waals surface area contributed by atoms with Gasteiger partial charge in [-0.15, -0.1) is 22.7 Å². The Balaban J connectivity index is 1.26. The van der Waals surface area contributed by atoms with Crippen molar-refractivity contribution in [2.75, 3.05) is 0 Å². The molecule has 0 N–H and O–H groups in total. The molecule has 0 amide bonds. The molecular formula is C48H64O2S4. The van der Waals surface area contributed by atoms with E-state index in [1.165, 1.54) is 168 Å². The molecule has 6 heteroatoms. The molecule has 0 saturated heterocycles. The Kier molecular flexibility index (Phi) is 11.4. The van der Waals surface area contributed by atoms with Gasteiger partial charge in [0.2, 0.25) is 0 Å². The molecule has 0 aromatic carbocycles. The summed E-state index contributed by atoms with van der Waals surface area (Å²) in [6.07, 6.45) is 43.4. The molecule has 4 saturated carbocycles. The third kappa shape index (κ3) is 6.50. The molecule has 0 atom stereocenters. The molecule has 2 aromatic heterocycles. The zero-order valence-corrected chi connectivity index (χ0v) is 36.1. The average molecular weight is 801 g/mol. The number of hydrogen-bond acceptors (Lipinski definition) is 4.